The number of para-hydroxylation sites is 1. The van der Waals surface area contributed by atoms with Crippen molar-refractivity contribution in [3.05, 3.63) is 58.0 Å². The first kappa shape index (κ1) is 16.6. The number of rotatable bonds is 4. The molecule has 0 aliphatic rings. The van der Waals surface area contributed by atoms with Crippen LogP contribution in [0.5, 0.6) is 0 Å². The molecule has 24 heavy (non-hydrogen) atoms. The topological polar surface area (TPSA) is 71.5 Å². The summed E-state index contributed by atoms with van der Waals surface area (Å²) in [7, 11) is 0. The van der Waals surface area contributed by atoms with Crippen molar-refractivity contribution >= 4 is 22.7 Å². The van der Waals surface area contributed by atoms with Gasteiger partial charge in [0.25, 0.3) is 5.56 Å². The normalized spacial score (nSPS) is 12.7. The molecule has 1 atom stereocenters. The van der Waals surface area contributed by atoms with Crippen LogP contribution in [-0.4, -0.2) is 19.9 Å². The number of aryl methyl sites for hydroxylation is 1. The van der Waals surface area contributed by atoms with E-state index in [1.807, 2.05) is 38.1 Å². The Bertz CT molecular complexity index is 936. The maximum absolute atomic E-state index is 12.2. The second-order valence-corrected chi connectivity index (χ2v) is 7.45. The number of benzene rings is 1. The third kappa shape index (κ3) is 3.48. The molecule has 0 aliphatic carbocycles. The van der Waals surface area contributed by atoms with E-state index in [0.29, 0.717) is 16.7 Å². The van der Waals surface area contributed by atoms with Gasteiger partial charge in [-0.2, -0.15) is 0 Å². The predicted molar refractivity (Wildman–Crippen MR) is 97.5 cm³/mol. The quantitative estimate of drug-likeness (QED) is 0.574. The highest BCUT2D eigenvalue weighted by Crippen LogP contribution is 2.32. The zero-order valence-electron chi connectivity index (χ0n) is 14.2. The van der Waals surface area contributed by atoms with Gasteiger partial charge in [-0.15, -0.1) is 0 Å². The Morgan fingerprint density at radius 1 is 1.08 bits per heavy atom. The lowest BCUT2D eigenvalue weighted by atomic mass is 10.2. The minimum Gasteiger partial charge on any atom is -0.309 e. The summed E-state index contributed by atoms with van der Waals surface area (Å²) < 4.78 is 0. The molecule has 2 aromatic heterocycles. The molecular formula is C18H20N4OS. The maximum Gasteiger partial charge on any atom is 0.258 e. The number of fused-ring (bicyclic) bond motifs is 1. The molecule has 0 aliphatic heterocycles. The fourth-order valence-corrected chi connectivity index (χ4v) is 3.38. The number of hydrogen-bond donors (Lipinski definition) is 1. The Morgan fingerprint density at radius 2 is 1.83 bits per heavy atom. The van der Waals surface area contributed by atoms with Gasteiger partial charge in [-0.1, -0.05) is 37.7 Å². The minimum absolute atomic E-state index is 0.0170. The molecule has 1 aromatic carbocycles. The average Bonchev–Trinajstić information content (AvgIpc) is 2.54. The summed E-state index contributed by atoms with van der Waals surface area (Å²) in [5, 5.41) is 1.49. The number of aromatic amines is 1. The van der Waals surface area contributed by atoms with Crippen LogP contribution in [-0.2, 0) is 0 Å². The van der Waals surface area contributed by atoms with Gasteiger partial charge in [0.1, 0.15) is 16.7 Å². The zero-order valence-corrected chi connectivity index (χ0v) is 15.0. The third-order valence-corrected chi connectivity index (χ3v) is 4.71. The van der Waals surface area contributed by atoms with Crippen molar-refractivity contribution < 1.29 is 0 Å². The molecule has 3 aromatic rings. The molecule has 124 valence electrons. The van der Waals surface area contributed by atoms with E-state index >= 15 is 0 Å². The van der Waals surface area contributed by atoms with E-state index in [0.717, 1.165) is 16.5 Å². The van der Waals surface area contributed by atoms with E-state index in [1.54, 1.807) is 17.8 Å². The SMILES string of the molecule is Cc1cc(SC(C)c2nc3ccccc3c(=O)[nH]2)nc(C(C)C)n1. The molecule has 1 N–H and O–H groups in total. The predicted octanol–water partition coefficient (Wildman–Crippen LogP) is 4.00. The Kier molecular flexibility index (Phi) is 4.66. The Labute approximate surface area is 145 Å². The molecule has 0 saturated carbocycles. The molecule has 0 saturated heterocycles. The first-order valence-electron chi connectivity index (χ1n) is 7.95. The second kappa shape index (κ2) is 6.73. The van der Waals surface area contributed by atoms with Crippen LogP contribution in [0.3, 0.4) is 0 Å². The molecule has 2 heterocycles. The summed E-state index contributed by atoms with van der Waals surface area (Å²) in [6.07, 6.45) is 0. The Morgan fingerprint density at radius 3 is 2.58 bits per heavy atom. The van der Waals surface area contributed by atoms with Crippen LogP contribution in [0.2, 0.25) is 0 Å². The number of nitrogens with zero attached hydrogens (tertiary/aromatic N) is 3. The number of nitrogens with one attached hydrogen (secondary N) is 1. The van der Waals surface area contributed by atoms with Crippen LogP contribution in [0.15, 0.2) is 40.2 Å². The van der Waals surface area contributed by atoms with Crippen molar-refractivity contribution in [2.24, 2.45) is 0 Å². The summed E-state index contributed by atoms with van der Waals surface area (Å²) in [6.45, 7) is 8.15. The Hall–Kier alpha value is -2.21. The molecule has 0 fully saturated rings. The molecule has 0 bridgehead atoms. The first-order valence-corrected chi connectivity index (χ1v) is 8.83. The van der Waals surface area contributed by atoms with Gasteiger partial charge < -0.3 is 4.98 Å². The highest BCUT2D eigenvalue weighted by atomic mass is 32.2. The van der Waals surface area contributed by atoms with E-state index in [-0.39, 0.29) is 16.7 Å². The standard InChI is InChI=1S/C18H20N4OS/c1-10(2)16-19-11(3)9-15(21-16)24-12(4)17-20-14-8-6-5-7-13(14)18(23)22-17/h5-10,12H,1-4H3,(H,20,22,23). The lowest BCUT2D eigenvalue weighted by molar-refractivity contribution is 0.743. The highest BCUT2D eigenvalue weighted by molar-refractivity contribution is 7.99. The fourth-order valence-electron chi connectivity index (χ4n) is 2.41. The van der Waals surface area contributed by atoms with E-state index in [9.17, 15) is 4.79 Å². The average molecular weight is 340 g/mol. The summed E-state index contributed by atoms with van der Waals surface area (Å²) in [4.78, 5) is 28.8. The summed E-state index contributed by atoms with van der Waals surface area (Å²) in [5.74, 6) is 1.77. The van der Waals surface area contributed by atoms with Gasteiger partial charge in [-0.05, 0) is 32.0 Å². The molecule has 1 unspecified atom stereocenters. The van der Waals surface area contributed by atoms with Crippen LogP contribution >= 0.6 is 11.8 Å². The summed E-state index contributed by atoms with van der Waals surface area (Å²) >= 11 is 1.58. The van der Waals surface area contributed by atoms with E-state index in [2.05, 4.69) is 33.8 Å². The lowest BCUT2D eigenvalue weighted by Gasteiger charge is -2.13. The number of thioether (sulfide) groups is 1. The monoisotopic (exact) mass is 340 g/mol. The fraction of sp³-hybridized carbons (Fsp3) is 0.333. The van der Waals surface area contributed by atoms with Gasteiger partial charge in [0.2, 0.25) is 0 Å². The lowest BCUT2D eigenvalue weighted by Crippen LogP contribution is -2.13. The maximum atomic E-state index is 12.2. The van der Waals surface area contributed by atoms with Crippen LogP contribution in [0.25, 0.3) is 10.9 Å². The van der Waals surface area contributed by atoms with Crippen molar-refractivity contribution in [1.29, 1.82) is 0 Å². The molecule has 6 heteroatoms. The van der Waals surface area contributed by atoms with Crippen LogP contribution in [0.1, 0.15) is 49.3 Å². The van der Waals surface area contributed by atoms with Gasteiger partial charge in [0.15, 0.2) is 0 Å². The van der Waals surface area contributed by atoms with Crippen LogP contribution in [0.4, 0.5) is 0 Å². The van der Waals surface area contributed by atoms with Gasteiger partial charge in [0, 0.05) is 11.6 Å². The van der Waals surface area contributed by atoms with Gasteiger partial charge in [-0.25, -0.2) is 15.0 Å². The molecule has 0 radical (unpaired) electrons. The van der Waals surface area contributed by atoms with Crippen LogP contribution < -0.4 is 5.56 Å². The second-order valence-electron chi connectivity index (χ2n) is 6.09. The third-order valence-electron chi connectivity index (χ3n) is 3.68. The van der Waals surface area contributed by atoms with E-state index in [4.69, 9.17) is 0 Å². The molecule has 0 spiro atoms. The molecular weight excluding hydrogens is 320 g/mol. The first-order chi connectivity index (χ1) is 11.4. The van der Waals surface area contributed by atoms with Crippen molar-refractivity contribution in [2.75, 3.05) is 0 Å². The smallest absolute Gasteiger partial charge is 0.258 e. The van der Waals surface area contributed by atoms with E-state index in [1.165, 1.54) is 0 Å². The Balaban J connectivity index is 1.93. The van der Waals surface area contributed by atoms with E-state index < -0.39 is 0 Å². The number of aromatic nitrogens is 4. The van der Waals surface area contributed by atoms with Gasteiger partial charge in [0.05, 0.1) is 16.2 Å². The largest absolute Gasteiger partial charge is 0.309 e. The van der Waals surface area contributed by atoms with Crippen molar-refractivity contribution in [2.45, 2.75) is 43.9 Å². The summed E-state index contributed by atoms with van der Waals surface area (Å²) in [5.41, 5.74) is 1.55. The van der Waals surface area contributed by atoms with Crippen molar-refractivity contribution in [3.63, 3.8) is 0 Å². The van der Waals surface area contributed by atoms with Crippen molar-refractivity contribution in [1.82, 2.24) is 19.9 Å². The molecule has 0 amide bonds. The molecule has 3 rings (SSSR count). The van der Waals surface area contributed by atoms with Gasteiger partial charge >= 0.3 is 0 Å². The van der Waals surface area contributed by atoms with Crippen molar-refractivity contribution in [3.8, 4) is 0 Å². The van der Waals surface area contributed by atoms with Crippen LogP contribution in [0, 0.1) is 6.92 Å². The minimum atomic E-state index is -0.107. The zero-order chi connectivity index (χ0) is 17.3. The van der Waals surface area contributed by atoms with Gasteiger partial charge in [-0.3, -0.25) is 4.79 Å². The highest BCUT2D eigenvalue weighted by Gasteiger charge is 2.15. The molecule has 5 nitrogen and oxygen atoms in total. The number of H-pyrrole nitrogens is 1. The summed E-state index contributed by atoms with van der Waals surface area (Å²) in [6, 6.07) is 9.34. The number of hydrogen-bond acceptors (Lipinski definition) is 5.